The summed E-state index contributed by atoms with van der Waals surface area (Å²) in [6.45, 7) is 9.81. The molecule has 1 aliphatic rings. The maximum Gasteiger partial charge on any atom is 0.410 e. The van der Waals surface area contributed by atoms with Crippen molar-refractivity contribution in [1.29, 1.82) is 0 Å². The van der Waals surface area contributed by atoms with Gasteiger partial charge in [-0.2, -0.15) is 0 Å². The van der Waals surface area contributed by atoms with E-state index >= 15 is 0 Å². The fourth-order valence-electron chi connectivity index (χ4n) is 3.19. The molecule has 1 unspecified atom stereocenters. The van der Waals surface area contributed by atoms with E-state index in [1.807, 2.05) is 32.7 Å². The summed E-state index contributed by atoms with van der Waals surface area (Å²) in [6, 6.07) is 0.148. The summed E-state index contributed by atoms with van der Waals surface area (Å²) in [6.07, 6.45) is 5.06. The highest BCUT2D eigenvalue weighted by atomic mass is 32.2. The standard InChI is InChI=1S/C20H33FN4O2S/c1-6-11-28-25-10-9-24(19(26)27-20(2,3)4)14-15(25)7-8-16-17(21)12-23-13-18(16)22-5/h12-13,15,22H,6-11,14H2,1-5H3. The Hall–Kier alpha value is -1.54. The van der Waals surface area contributed by atoms with E-state index in [2.05, 4.69) is 21.5 Å². The third kappa shape index (κ3) is 6.51. The minimum absolute atomic E-state index is 0.148. The van der Waals surface area contributed by atoms with Crippen LogP contribution < -0.4 is 5.32 Å². The maximum absolute atomic E-state index is 14.3. The van der Waals surface area contributed by atoms with Gasteiger partial charge in [0.25, 0.3) is 0 Å². The number of pyridine rings is 1. The van der Waals surface area contributed by atoms with E-state index < -0.39 is 5.60 Å². The zero-order valence-corrected chi connectivity index (χ0v) is 18.4. The number of piperazine rings is 1. The number of hydrogen-bond donors (Lipinski definition) is 1. The van der Waals surface area contributed by atoms with Crippen LogP contribution in [0.25, 0.3) is 0 Å². The molecule has 1 aliphatic heterocycles. The molecule has 158 valence electrons. The SMILES string of the molecule is CCCSN1CCN(C(=O)OC(C)(C)C)CC1CCc1c(F)cncc1NC. The second kappa shape index (κ2) is 10.3. The molecule has 0 radical (unpaired) electrons. The number of nitrogens with zero attached hydrogens (tertiary/aromatic N) is 3. The molecule has 0 spiro atoms. The predicted molar refractivity (Wildman–Crippen MR) is 113 cm³/mol. The zero-order valence-electron chi connectivity index (χ0n) is 17.6. The van der Waals surface area contributed by atoms with Crippen LogP contribution in [0.15, 0.2) is 12.4 Å². The quantitative estimate of drug-likeness (QED) is 0.678. The van der Waals surface area contributed by atoms with Gasteiger partial charge in [0.2, 0.25) is 0 Å². The van der Waals surface area contributed by atoms with Crippen LogP contribution in [0.4, 0.5) is 14.9 Å². The van der Waals surface area contributed by atoms with Crippen molar-refractivity contribution in [2.75, 3.05) is 37.8 Å². The highest BCUT2D eigenvalue weighted by molar-refractivity contribution is 7.97. The third-order valence-electron chi connectivity index (χ3n) is 4.54. The number of carbonyl (C=O) groups is 1. The number of aromatic nitrogens is 1. The van der Waals surface area contributed by atoms with E-state index in [0.29, 0.717) is 30.8 Å². The van der Waals surface area contributed by atoms with Crippen LogP contribution in [0, 0.1) is 5.82 Å². The molecule has 0 saturated carbocycles. The third-order valence-corrected chi connectivity index (χ3v) is 5.95. The number of amides is 1. The van der Waals surface area contributed by atoms with Crippen molar-refractivity contribution >= 4 is 23.7 Å². The summed E-state index contributed by atoms with van der Waals surface area (Å²) in [5.41, 5.74) is 0.850. The second-order valence-electron chi connectivity index (χ2n) is 7.99. The second-order valence-corrected chi connectivity index (χ2v) is 9.13. The highest BCUT2D eigenvalue weighted by Gasteiger charge is 2.32. The Kier molecular flexibility index (Phi) is 8.37. The smallest absolute Gasteiger partial charge is 0.410 e. The van der Waals surface area contributed by atoms with E-state index in [1.165, 1.54) is 6.20 Å². The Morgan fingerprint density at radius 2 is 2.14 bits per heavy atom. The largest absolute Gasteiger partial charge is 0.444 e. The van der Waals surface area contributed by atoms with Gasteiger partial charge >= 0.3 is 6.09 Å². The molecule has 1 atom stereocenters. The number of anilines is 1. The Morgan fingerprint density at radius 1 is 1.39 bits per heavy atom. The van der Waals surface area contributed by atoms with Crippen LogP contribution in [-0.4, -0.2) is 64.4 Å². The Labute approximate surface area is 172 Å². The normalized spacial score (nSPS) is 18.2. The van der Waals surface area contributed by atoms with Crippen molar-refractivity contribution in [1.82, 2.24) is 14.2 Å². The summed E-state index contributed by atoms with van der Waals surface area (Å²) in [4.78, 5) is 18.2. The van der Waals surface area contributed by atoms with Crippen molar-refractivity contribution in [3.63, 3.8) is 0 Å². The van der Waals surface area contributed by atoms with Crippen molar-refractivity contribution in [3.05, 3.63) is 23.8 Å². The molecule has 0 aliphatic carbocycles. The van der Waals surface area contributed by atoms with Gasteiger partial charge in [-0.15, -0.1) is 0 Å². The molecule has 1 amide bonds. The van der Waals surface area contributed by atoms with Gasteiger partial charge in [0.15, 0.2) is 0 Å². The number of rotatable bonds is 7. The Morgan fingerprint density at radius 3 is 2.79 bits per heavy atom. The fourth-order valence-corrected chi connectivity index (χ4v) is 4.20. The van der Waals surface area contributed by atoms with Crippen LogP contribution >= 0.6 is 11.9 Å². The minimum atomic E-state index is -0.511. The zero-order chi connectivity index (χ0) is 20.7. The number of hydrogen-bond acceptors (Lipinski definition) is 6. The summed E-state index contributed by atoms with van der Waals surface area (Å²) < 4.78 is 22.2. The molecule has 2 heterocycles. The molecule has 0 aromatic carbocycles. The first-order valence-electron chi connectivity index (χ1n) is 9.92. The lowest BCUT2D eigenvalue weighted by Gasteiger charge is -2.41. The molecule has 8 heteroatoms. The number of halogens is 1. The van der Waals surface area contributed by atoms with Gasteiger partial charge in [-0.05, 0) is 40.0 Å². The summed E-state index contributed by atoms with van der Waals surface area (Å²) in [5.74, 6) is 0.744. The van der Waals surface area contributed by atoms with Crippen molar-refractivity contribution < 1.29 is 13.9 Å². The van der Waals surface area contributed by atoms with Crippen LogP contribution in [0.1, 0.15) is 46.1 Å². The van der Waals surface area contributed by atoms with Gasteiger partial charge in [0.1, 0.15) is 11.4 Å². The number of nitrogens with one attached hydrogen (secondary N) is 1. The van der Waals surface area contributed by atoms with Gasteiger partial charge < -0.3 is 15.0 Å². The van der Waals surface area contributed by atoms with Gasteiger partial charge in [-0.1, -0.05) is 18.9 Å². The Bertz CT molecular complexity index is 654. The Balaban J connectivity index is 2.08. The van der Waals surface area contributed by atoms with E-state index in [4.69, 9.17) is 4.74 Å². The first-order valence-corrected chi connectivity index (χ1v) is 10.9. The number of ether oxygens (including phenoxy) is 1. The van der Waals surface area contributed by atoms with Crippen LogP contribution in [-0.2, 0) is 11.2 Å². The molecule has 0 bridgehead atoms. The van der Waals surface area contributed by atoms with E-state index in [-0.39, 0.29) is 18.0 Å². The topological polar surface area (TPSA) is 57.7 Å². The summed E-state index contributed by atoms with van der Waals surface area (Å²) >= 11 is 1.81. The van der Waals surface area contributed by atoms with Gasteiger partial charge in [-0.25, -0.2) is 13.5 Å². The molecule has 1 fully saturated rings. The van der Waals surface area contributed by atoms with Gasteiger partial charge in [0.05, 0.1) is 18.1 Å². The molecule has 1 aromatic heterocycles. The molecule has 2 rings (SSSR count). The van der Waals surface area contributed by atoms with Crippen LogP contribution in [0.5, 0.6) is 0 Å². The summed E-state index contributed by atoms with van der Waals surface area (Å²) in [5, 5.41) is 3.02. The average Bonchev–Trinajstić information content (AvgIpc) is 2.64. The van der Waals surface area contributed by atoms with Crippen LogP contribution in [0.3, 0.4) is 0 Å². The predicted octanol–water partition coefficient (Wildman–Crippen LogP) is 4.17. The molecule has 1 N–H and O–H groups in total. The lowest BCUT2D eigenvalue weighted by Crippen LogP contribution is -2.53. The molecule has 1 saturated heterocycles. The van der Waals surface area contributed by atoms with Crippen molar-refractivity contribution in [2.45, 2.75) is 58.6 Å². The maximum atomic E-state index is 14.3. The van der Waals surface area contributed by atoms with E-state index in [9.17, 15) is 9.18 Å². The van der Waals surface area contributed by atoms with E-state index in [1.54, 1.807) is 18.1 Å². The van der Waals surface area contributed by atoms with Gasteiger partial charge in [0, 0.05) is 44.0 Å². The van der Waals surface area contributed by atoms with E-state index in [0.717, 1.165) is 25.1 Å². The molecule has 6 nitrogen and oxygen atoms in total. The highest BCUT2D eigenvalue weighted by Crippen LogP contribution is 2.27. The number of carbonyl (C=O) groups excluding carboxylic acids is 1. The first-order chi connectivity index (χ1) is 13.2. The molecular weight excluding hydrogens is 379 g/mol. The van der Waals surface area contributed by atoms with Crippen molar-refractivity contribution in [2.24, 2.45) is 0 Å². The minimum Gasteiger partial charge on any atom is -0.444 e. The molecule has 1 aromatic rings. The molecule has 28 heavy (non-hydrogen) atoms. The molecular formula is C20H33FN4O2S. The van der Waals surface area contributed by atoms with Crippen molar-refractivity contribution in [3.8, 4) is 0 Å². The van der Waals surface area contributed by atoms with Crippen LogP contribution in [0.2, 0.25) is 0 Å². The average molecular weight is 413 g/mol. The monoisotopic (exact) mass is 412 g/mol. The fraction of sp³-hybridized carbons (Fsp3) is 0.700. The lowest BCUT2D eigenvalue weighted by atomic mass is 10.0. The lowest BCUT2D eigenvalue weighted by molar-refractivity contribution is 0.0136. The van der Waals surface area contributed by atoms with Gasteiger partial charge in [-0.3, -0.25) is 4.98 Å². The first kappa shape index (κ1) is 22.7. The summed E-state index contributed by atoms with van der Waals surface area (Å²) in [7, 11) is 1.77.